The maximum atomic E-state index is 11.4. The molecular formula is C31H51NO3. The van der Waals surface area contributed by atoms with E-state index in [1.165, 1.54) is 82.8 Å². The minimum Gasteiger partial charge on any atom is -0.459 e. The van der Waals surface area contributed by atoms with Crippen molar-refractivity contribution in [2.45, 2.75) is 111 Å². The Morgan fingerprint density at radius 3 is 1.86 bits per heavy atom. The van der Waals surface area contributed by atoms with Crippen molar-refractivity contribution >= 4 is 18.0 Å². The Hall–Kier alpha value is -2.36. The molecule has 0 aliphatic carbocycles. The Morgan fingerprint density at radius 2 is 1.37 bits per heavy atom. The normalized spacial score (nSPS) is 11.6. The maximum absolute atomic E-state index is 11.4. The Balaban J connectivity index is 0.000000669. The van der Waals surface area contributed by atoms with Gasteiger partial charge in [-0.15, -0.1) is 0 Å². The molecular weight excluding hydrogens is 434 g/mol. The summed E-state index contributed by atoms with van der Waals surface area (Å²) in [6.07, 6.45) is 20.7. The number of nitrogens with one attached hydrogen (secondary N) is 1. The standard InChI is InChI=1S/C17H33NO.C14H18O2/c1-3-5-6-7-8-9-10-11-12-13-14-15-16-18-17(19)4-2;1-11(2)12(3)16-14(15)10-9-13-7-5-4-6-8-13/h4H,2-3,5-16H2,1H3,(H,18,19);4-12H,1-3H3/b;10-9-. The summed E-state index contributed by atoms with van der Waals surface area (Å²) < 4.78 is 5.21. The molecule has 0 aromatic heterocycles. The van der Waals surface area contributed by atoms with Gasteiger partial charge in [0.05, 0.1) is 0 Å². The predicted octanol–water partition coefficient (Wildman–Crippen LogP) is 8.28. The largest absolute Gasteiger partial charge is 0.459 e. The topological polar surface area (TPSA) is 55.4 Å². The van der Waals surface area contributed by atoms with E-state index in [4.69, 9.17) is 4.74 Å². The third-order valence-electron chi connectivity index (χ3n) is 5.97. The Kier molecular flexibility index (Phi) is 21.8. The molecule has 1 unspecified atom stereocenters. The second-order valence-corrected chi connectivity index (χ2v) is 9.51. The van der Waals surface area contributed by atoms with Crippen LogP contribution in [0, 0.1) is 5.92 Å². The van der Waals surface area contributed by atoms with Gasteiger partial charge in [-0.1, -0.05) is 128 Å². The summed E-state index contributed by atoms with van der Waals surface area (Å²) in [5.74, 6) is 0.00204. The highest BCUT2D eigenvalue weighted by molar-refractivity contribution is 5.87. The number of ether oxygens (including phenoxy) is 1. The zero-order valence-corrected chi connectivity index (χ0v) is 22.9. The zero-order chi connectivity index (χ0) is 26.2. The molecule has 0 heterocycles. The Bertz CT molecular complexity index is 682. The van der Waals surface area contributed by atoms with Gasteiger partial charge in [0.1, 0.15) is 6.10 Å². The van der Waals surface area contributed by atoms with Crippen LogP contribution >= 0.6 is 0 Å². The van der Waals surface area contributed by atoms with Gasteiger partial charge in [-0.25, -0.2) is 4.79 Å². The maximum Gasteiger partial charge on any atom is 0.331 e. The number of rotatable bonds is 18. The van der Waals surface area contributed by atoms with E-state index in [0.717, 1.165) is 18.5 Å². The molecule has 35 heavy (non-hydrogen) atoms. The quantitative estimate of drug-likeness (QED) is 0.129. The fourth-order valence-corrected chi connectivity index (χ4v) is 3.34. The van der Waals surface area contributed by atoms with E-state index in [1.54, 1.807) is 6.08 Å². The summed E-state index contributed by atoms with van der Waals surface area (Å²) in [6, 6.07) is 9.69. The van der Waals surface area contributed by atoms with Crippen molar-refractivity contribution in [3.63, 3.8) is 0 Å². The van der Waals surface area contributed by atoms with Crippen LogP contribution in [0.2, 0.25) is 0 Å². The molecule has 1 N–H and O–H groups in total. The SMILES string of the molecule is C=CC(=O)NCCCCCCCCCCCCCC.CC(C)C(C)OC(=O)/C=C\c1ccccc1. The summed E-state index contributed by atoms with van der Waals surface area (Å²) >= 11 is 0. The molecule has 4 heteroatoms. The fourth-order valence-electron chi connectivity index (χ4n) is 3.34. The number of unbranched alkanes of at least 4 members (excludes halogenated alkanes) is 11. The van der Waals surface area contributed by atoms with Crippen LogP contribution in [-0.2, 0) is 14.3 Å². The van der Waals surface area contributed by atoms with Crippen LogP contribution in [0.4, 0.5) is 0 Å². The van der Waals surface area contributed by atoms with Gasteiger partial charge in [-0.05, 0) is 37.0 Å². The van der Waals surface area contributed by atoms with Crippen LogP contribution in [0.25, 0.3) is 6.08 Å². The number of hydrogen-bond acceptors (Lipinski definition) is 3. The molecule has 0 saturated carbocycles. The van der Waals surface area contributed by atoms with Crippen molar-refractivity contribution in [2.75, 3.05) is 6.54 Å². The first-order chi connectivity index (χ1) is 16.9. The van der Waals surface area contributed by atoms with E-state index in [9.17, 15) is 9.59 Å². The van der Waals surface area contributed by atoms with Gasteiger partial charge in [0.15, 0.2) is 0 Å². The van der Waals surface area contributed by atoms with Gasteiger partial charge in [0, 0.05) is 12.6 Å². The number of esters is 1. The molecule has 0 saturated heterocycles. The first kappa shape index (κ1) is 32.6. The summed E-state index contributed by atoms with van der Waals surface area (Å²) in [5.41, 5.74) is 0.997. The van der Waals surface area contributed by atoms with E-state index in [1.807, 2.05) is 51.1 Å². The number of benzene rings is 1. The average Bonchev–Trinajstić information content (AvgIpc) is 2.86. The first-order valence-corrected chi connectivity index (χ1v) is 13.7. The van der Waals surface area contributed by atoms with Gasteiger partial charge >= 0.3 is 5.97 Å². The lowest BCUT2D eigenvalue weighted by Crippen LogP contribution is -2.21. The van der Waals surface area contributed by atoms with E-state index >= 15 is 0 Å². The fraction of sp³-hybridized carbons (Fsp3) is 0.613. The highest BCUT2D eigenvalue weighted by atomic mass is 16.5. The number of amides is 1. The molecule has 1 amide bonds. The number of carbonyl (C=O) groups excluding carboxylic acids is 2. The van der Waals surface area contributed by atoms with Gasteiger partial charge in [-0.2, -0.15) is 0 Å². The van der Waals surface area contributed by atoms with Gasteiger partial charge in [-0.3, -0.25) is 4.79 Å². The minimum atomic E-state index is -0.287. The van der Waals surface area contributed by atoms with E-state index < -0.39 is 0 Å². The van der Waals surface area contributed by atoms with Gasteiger partial charge < -0.3 is 10.1 Å². The summed E-state index contributed by atoms with van der Waals surface area (Å²) in [7, 11) is 0. The predicted molar refractivity (Wildman–Crippen MR) is 150 cm³/mol. The van der Waals surface area contributed by atoms with Crippen molar-refractivity contribution in [3.8, 4) is 0 Å². The third-order valence-corrected chi connectivity index (χ3v) is 5.97. The lowest BCUT2D eigenvalue weighted by Gasteiger charge is -2.14. The molecule has 0 spiro atoms. The van der Waals surface area contributed by atoms with Crippen LogP contribution in [0.15, 0.2) is 49.1 Å². The summed E-state index contributed by atoms with van der Waals surface area (Å²) in [6.45, 7) is 12.4. The van der Waals surface area contributed by atoms with E-state index in [-0.39, 0.29) is 18.0 Å². The van der Waals surface area contributed by atoms with Crippen molar-refractivity contribution in [1.29, 1.82) is 0 Å². The smallest absolute Gasteiger partial charge is 0.331 e. The number of carbonyl (C=O) groups is 2. The number of hydrogen-bond donors (Lipinski definition) is 1. The molecule has 1 aromatic rings. The molecule has 1 atom stereocenters. The lowest BCUT2D eigenvalue weighted by molar-refractivity contribution is -0.144. The van der Waals surface area contributed by atoms with Crippen molar-refractivity contribution < 1.29 is 14.3 Å². The van der Waals surface area contributed by atoms with Crippen LogP contribution < -0.4 is 5.32 Å². The van der Waals surface area contributed by atoms with Crippen LogP contribution in [0.3, 0.4) is 0 Å². The molecule has 0 bridgehead atoms. The average molecular weight is 486 g/mol. The highest BCUT2D eigenvalue weighted by Crippen LogP contribution is 2.11. The monoisotopic (exact) mass is 485 g/mol. The van der Waals surface area contributed by atoms with Crippen LogP contribution in [-0.4, -0.2) is 24.5 Å². The first-order valence-electron chi connectivity index (χ1n) is 13.7. The molecule has 0 aliphatic rings. The van der Waals surface area contributed by atoms with Crippen molar-refractivity contribution in [1.82, 2.24) is 5.32 Å². The second kappa shape index (κ2) is 23.4. The molecule has 4 nitrogen and oxygen atoms in total. The molecule has 1 aromatic carbocycles. The lowest BCUT2D eigenvalue weighted by atomic mass is 10.1. The van der Waals surface area contributed by atoms with Gasteiger partial charge in [0.25, 0.3) is 0 Å². The molecule has 0 radical (unpaired) electrons. The Morgan fingerprint density at radius 1 is 0.857 bits per heavy atom. The summed E-state index contributed by atoms with van der Waals surface area (Å²) in [4.78, 5) is 22.3. The van der Waals surface area contributed by atoms with Crippen LogP contribution in [0.1, 0.15) is 110 Å². The summed E-state index contributed by atoms with van der Waals surface area (Å²) in [5, 5.41) is 2.81. The van der Waals surface area contributed by atoms with E-state index in [2.05, 4.69) is 18.8 Å². The molecule has 198 valence electrons. The second-order valence-electron chi connectivity index (χ2n) is 9.51. The van der Waals surface area contributed by atoms with E-state index in [0.29, 0.717) is 5.92 Å². The zero-order valence-electron chi connectivity index (χ0n) is 22.9. The molecule has 1 rings (SSSR count). The van der Waals surface area contributed by atoms with Crippen molar-refractivity contribution in [2.24, 2.45) is 5.92 Å². The minimum absolute atomic E-state index is 0.0482. The Labute approximate surface area is 215 Å². The van der Waals surface area contributed by atoms with Gasteiger partial charge in [0.2, 0.25) is 5.91 Å². The highest BCUT2D eigenvalue weighted by Gasteiger charge is 2.10. The third kappa shape index (κ3) is 21.9. The van der Waals surface area contributed by atoms with Crippen LogP contribution in [0.5, 0.6) is 0 Å². The molecule has 0 aliphatic heterocycles. The van der Waals surface area contributed by atoms with Crippen molar-refractivity contribution in [3.05, 3.63) is 54.6 Å². The molecule has 0 fully saturated rings.